The molecule has 4 nitrogen and oxygen atoms in total. The van der Waals surface area contributed by atoms with Gasteiger partial charge in [0.25, 0.3) is 0 Å². The van der Waals surface area contributed by atoms with E-state index in [-0.39, 0.29) is 11.3 Å². The molecule has 0 radical (unpaired) electrons. The Balaban J connectivity index is 1.80. The molecule has 3 rings (SSSR count). The van der Waals surface area contributed by atoms with Crippen LogP contribution in [0.4, 0.5) is 0 Å². The van der Waals surface area contributed by atoms with Gasteiger partial charge >= 0.3 is 0 Å². The number of aromatic nitrogens is 1. The van der Waals surface area contributed by atoms with Crippen LogP contribution in [0.15, 0.2) is 41.5 Å². The Labute approximate surface area is 153 Å². The Kier molecular flexibility index (Phi) is 5.52. The average Bonchev–Trinajstić information content (AvgIpc) is 3.05. The third-order valence-electron chi connectivity index (χ3n) is 4.51. The molecule has 2 heterocycles. The summed E-state index contributed by atoms with van der Waals surface area (Å²) < 4.78 is 0. The summed E-state index contributed by atoms with van der Waals surface area (Å²) >= 11 is 1.40. The summed E-state index contributed by atoms with van der Waals surface area (Å²) in [7, 11) is 0. The fourth-order valence-electron chi connectivity index (χ4n) is 3.58. The van der Waals surface area contributed by atoms with Crippen molar-refractivity contribution in [1.29, 1.82) is 5.26 Å². The van der Waals surface area contributed by atoms with E-state index in [0.29, 0.717) is 23.4 Å². The van der Waals surface area contributed by atoms with E-state index < -0.39 is 0 Å². The van der Waals surface area contributed by atoms with Crippen molar-refractivity contribution < 1.29 is 5.11 Å². The second-order valence-corrected chi connectivity index (χ2v) is 7.84. The maximum atomic E-state index is 10.5. The molecule has 2 atom stereocenters. The Bertz CT molecular complexity index is 781. The topological polar surface area (TPSA) is 60.1 Å². The third kappa shape index (κ3) is 4.28. The molecule has 25 heavy (non-hydrogen) atoms. The number of aliphatic hydroxyl groups is 1. The smallest absolute Gasteiger partial charge is 0.138 e. The number of hydrogen-bond donors (Lipinski definition) is 1. The molecule has 0 bridgehead atoms. The minimum atomic E-state index is 0.123. The third-order valence-corrected chi connectivity index (χ3v) is 5.37. The summed E-state index contributed by atoms with van der Waals surface area (Å²) in [6.07, 6.45) is 1.22. The first kappa shape index (κ1) is 17.7. The van der Waals surface area contributed by atoms with Gasteiger partial charge in [0.2, 0.25) is 0 Å². The normalized spacial score (nSPS) is 22.3. The molecule has 5 heteroatoms. The van der Waals surface area contributed by atoms with E-state index in [1.54, 1.807) is 0 Å². The molecule has 1 aliphatic rings. The predicted molar refractivity (Wildman–Crippen MR) is 102 cm³/mol. The van der Waals surface area contributed by atoms with Gasteiger partial charge in [-0.1, -0.05) is 44.2 Å². The first-order chi connectivity index (χ1) is 12.1. The number of piperidine rings is 1. The number of likely N-dealkylation sites (tertiary alicyclic amines) is 1. The molecular weight excluding hydrogens is 330 g/mol. The minimum absolute atomic E-state index is 0.123. The van der Waals surface area contributed by atoms with E-state index in [4.69, 9.17) is 0 Å². The van der Waals surface area contributed by atoms with Crippen molar-refractivity contribution >= 4 is 16.9 Å². The van der Waals surface area contributed by atoms with Crippen LogP contribution in [-0.4, -0.2) is 34.6 Å². The first-order valence-electron chi connectivity index (χ1n) is 8.62. The molecule has 1 fully saturated rings. The number of thiazole rings is 1. The average molecular weight is 353 g/mol. The summed E-state index contributed by atoms with van der Waals surface area (Å²) in [6.45, 7) is 6.81. The Hall–Kier alpha value is -2.16. The van der Waals surface area contributed by atoms with E-state index in [0.717, 1.165) is 24.3 Å². The summed E-state index contributed by atoms with van der Waals surface area (Å²) in [4.78, 5) is 6.79. The molecule has 1 N–H and O–H groups in total. The lowest BCUT2D eigenvalue weighted by molar-refractivity contribution is 0.138. The fourth-order valence-corrected chi connectivity index (χ4v) is 4.42. The summed E-state index contributed by atoms with van der Waals surface area (Å²) in [6, 6.07) is 12.0. The molecule has 1 aromatic carbocycles. The Morgan fingerprint density at radius 1 is 1.28 bits per heavy atom. The highest BCUT2D eigenvalue weighted by molar-refractivity contribution is 7.11. The number of aliphatic hydroxyl groups excluding tert-OH is 1. The standard InChI is InChI=1S/C20H23N3OS/c1-14-8-15(2)11-23(10-14)12-19(24)17(9-21)20-22-18(13-25-20)16-6-4-3-5-7-16/h3-7,13-15,24H,8,10-12H2,1-2H3. The molecule has 1 saturated heterocycles. The van der Waals surface area contributed by atoms with Crippen LogP contribution in [-0.2, 0) is 0 Å². The Morgan fingerprint density at radius 3 is 2.60 bits per heavy atom. The van der Waals surface area contributed by atoms with Crippen molar-refractivity contribution in [2.75, 3.05) is 19.6 Å². The summed E-state index contributed by atoms with van der Waals surface area (Å²) in [5.74, 6) is 1.36. The molecule has 0 saturated carbocycles. The van der Waals surface area contributed by atoms with Crippen molar-refractivity contribution in [2.45, 2.75) is 20.3 Å². The number of allylic oxidation sites excluding steroid dienone is 1. The van der Waals surface area contributed by atoms with Gasteiger partial charge < -0.3 is 5.11 Å². The molecule has 130 valence electrons. The van der Waals surface area contributed by atoms with Crippen LogP contribution < -0.4 is 0 Å². The van der Waals surface area contributed by atoms with Crippen molar-refractivity contribution in [3.63, 3.8) is 0 Å². The van der Waals surface area contributed by atoms with Gasteiger partial charge in [0, 0.05) is 24.0 Å². The SMILES string of the molecule is CC1CC(C)CN(CC(O)=C(C#N)c2nc(-c3ccccc3)cs2)C1. The van der Waals surface area contributed by atoms with Gasteiger partial charge in [-0.2, -0.15) is 5.26 Å². The number of benzene rings is 1. The van der Waals surface area contributed by atoms with Gasteiger partial charge in [-0.25, -0.2) is 4.98 Å². The second kappa shape index (κ2) is 7.81. The molecule has 2 unspecified atom stereocenters. The van der Waals surface area contributed by atoms with E-state index in [9.17, 15) is 10.4 Å². The Morgan fingerprint density at radius 2 is 1.96 bits per heavy atom. The fraction of sp³-hybridized carbons (Fsp3) is 0.400. The van der Waals surface area contributed by atoms with Gasteiger partial charge in [-0.15, -0.1) is 11.3 Å². The van der Waals surface area contributed by atoms with E-state index in [1.807, 2.05) is 35.7 Å². The van der Waals surface area contributed by atoms with Crippen molar-refractivity contribution in [2.24, 2.45) is 11.8 Å². The largest absolute Gasteiger partial charge is 0.509 e. The maximum Gasteiger partial charge on any atom is 0.138 e. The van der Waals surface area contributed by atoms with Crippen molar-refractivity contribution in [3.8, 4) is 17.3 Å². The molecule has 0 amide bonds. The molecule has 0 aliphatic carbocycles. The monoisotopic (exact) mass is 353 g/mol. The van der Waals surface area contributed by atoms with Gasteiger partial charge in [0.05, 0.1) is 12.2 Å². The zero-order valence-electron chi connectivity index (χ0n) is 14.6. The molecular formula is C20H23N3OS. The minimum Gasteiger partial charge on any atom is -0.509 e. The summed E-state index contributed by atoms with van der Waals surface area (Å²) in [5, 5.41) is 22.6. The highest BCUT2D eigenvalue weighted by Crippen LogP contribution is 2.28. The summed E-state index contributed by atoms with van der Waals surface area (Å²) in [5.41, 5.74) is 2.14. The van der Waals surface area contributed by atoms with Gasteiger partial charge in [-0.05, 0) is 18.3 Å². The quantitative estimate of drug-likeness (QED) is 0.645. The zero-order valence-corrected chi connectivity index (χ0v) is 15.5. The lowest BCUT2D eigenvalue weighted by Crippen LogP contribution is -2.39. The van der Waals surface area contributed by atoms with Crippen LogP contribution in [0, 0.1) is 23.2 Å². The van der Waals surface area contributed by atoms with Crippen molar-refractivity contribution in [1.82, 2.24) is 9.88 Å². The van der Waals surface area contributed by atoms with E-state index >= 15 is 0 Å². The molecule has 1 aliphatic heterocycles. The van der Waals surface area contributed by atoms with Gasteiger partial charge in [0.15, 0.2) is 0 Å². The van der Waals surface area contributed by atoms with Crippen LogP contribution in [0.1, 0.15) is 25.3 Å². The number of hydrogen-bond acceptors (Lipinski definition) is 5. The first-order valence-corrected chi connectivity index (χ1v) is 9.50. The van der Waals surface area contributed by atoms with Gasteiger partial charge in [0.1, 0.15) is 22.4 Å². The number of nitriles is 1. The second-order valence-electron chi connectivity index (χ2n) is 6.98. The van der Waals surface area contributed by atoms with E-state index in [1.165, 1.54) is 17.8 Å². The van der Waals surface area contributed by atoms with Crippen LogP contribution in [0.25, 0.3) is 16.8 Å². The highest BCUT2D eigenvalue weighted by Gasteiger charge is 2.24. The number of rotatable bonds is 4. The van der Waals surface area contributed by atoms with Gasteiger partial charge in [-0.3, -0.25) is 4.90 Å². The van der Waals surface area contributed by atoms with Crippen molar-refractivity contribution in [3.05, 3.63) is 46.5 Å². The molecule has 1 aromatic heterocycles. The lowest BCUT2D eigenvalue weighted by atomic mass is 9.92. The van der Waals surface area contributed by atoms with Crippen LogP contribution in [0.5, 0.6) is 0 Å². The molecule has 2 aromatic rings. The van der Waals surface area contributed by atoms with Crippen LogP contribution in [0.2, 0.25) is 0 Å². The zero-order chi connectivity index (χ0) is 17.8. The lowest BCUT2D eigenvalue weighted by Gasteiger charge is -2.34. The predicted octanol–water partition coefficient (Wildman–Crippen LogP) is 4.58. The highest BCUT2D eigenvalue weighted by atomic mass is 32.1. The molecule has 0 spiro atoms. The van der Waals surface area contributed by atoms with Crippen LogP contribution >= 0.6 is 11.3 Å². The maximum absolute atomic E-state index is 10.5. The van der Waals surface area contributed by atoms with Crippen LogP contribution in [0.3, 0.4) is 0 Å². The number of nitrogens with zero attached hydrogens (tertiary/aromatic N) is 3. The van der Waals surface area contributed by atoms with E-state index in [2.05, 4.69) is 29.8 Å².